The lowest BCUT2D eigenvalue weighted by molar-refractivity contribution is 0.100. The zero-order valence-electron chi connectivity index (χ0n) is 20.3. The molecular weight excluding hydrogens is 444 g/mol. The molecule has 1 heterocycles. The lowest BCUT2D eigenvalue weighted by Gasteiger charge is -2.41. The van der Waals surface area contributed by atoms with E-state index in [4.69, 9.17) is 5.73 Å². The van der Waals surface area contributed by atoms with Crippen molar-refractivity contribution in [1.82, 2.24) is 9.80 Å². The third-order valence-corrected chi connectivity index (χ3v) is 6.90. The maximum Gasteiger partial charge on any atom is 0.321 e. The molecule has 4 aromatic carbocycles. The van der Waals surface area contributed by atoms with Gasteiger partial charge in [0.25, 0.3) is 0 Å². The van der Waals surface area contributed by atoms with Crippen LogP contribution in [0.15, 0.2) is 115 Å². The Morgan fingerprint density at radius 3 is 1.72 bits per heavy atom. The van der Waals surface area contributed by atoms with Crippen LogP contribution in [-0.4, -0.2) is 42.0 Å². The summed E-state index contributed by atoms with van der Waals surface area (Å²) in [5, 5.41) is 3.06. The van der Waals surface area contributed by atoms with Crippen LogP contribution in [0.5, 0.6) is 0 Å². The highest BCUT2D eigenvalue weighted by atomic mass is 16.2. The van der Waals surface area contributed by atoms with Crippen LogP contribution in [0.3, 0.4) is 0 Å². The first-order valence-electron chi connectivity index (χ1n) is 12.5. The van der Waals surface area contributed by atoms with Gasteiger partial charge in [0.15, 0.2) is 0 Å². The van der Waals surface area contributed by atoms with Crippen molar-refractivity contribution in [2.45, 2.75) is 12.1 Å². The Bertz CT molecular complexity index is 1240. The third kappa shape index (κ3) is 5.48. The number of urea groups is 1. The van der Waals surface area contributed by atoms with Gasteiger partial charge in [0.2, 0.25) is 0 Å². The summed E-state index contributed by atoms with van der Waals surface area (Å²) < 4.78 is 0. The van der Waals surface area contributed by atoms with Crippen molar-refractivity contribution in [1.29, 1.82) is 0 Å². The fourth-order valence-electron chi connectivity index (χ4n) is 4.94. The summed E-state index contributed by atoms with van der Waals surface area (Å²) in [6.07, 6.45) is 0. The van der Waals surface area contributed by atoms with Gasteiger partial charge in [-0.3, -0.25) is 4.90 Å². The number of rotatable bonds is 6. The number of hydrogen-bond acceptors (Lipinski definition) is 3. The highest BCUT2D eigenvalue weighted by Crippen LogP contribution is 2.33. The van der Waals surface area contributed by atoms with E-state index in [1.807, 2.05) is 71.6 Å². The molecule has 2 atom stereocenters. The van der Waals surface area contributed by atoms with Crippen LogP contribution in [0.25, 0.3) is 11.1 Å². The van der Waals surface area contributed by atoms with E-state index in [0.717, 1.165) is 35.5 Å². The first-order valence-corrected chi connectivity index (χ1v) is 12.5. The number of benzene rings is 4. The SMILES string of the molecule is NC(c1ccccc1)C(c1ccccc1)N1CCN(C(=O)Nc2ccc(-c3ccccc3)cc2)CC1. The van der Waals surface area contributed by atoms with Gasteiger partial charge in [-0.1, -0.05) is 103 Å². The van der Waals surface area contributed by atoms with E-state index >= 15 is 0 Å². The number of nitrogens with one attached hydrogen (secondary N) is 1. The van der Waals surface area contributed by atoms with Gasteiger partial charge in [0.1, 0.15) is 0 Å². The highest BCUT2D eigenvalue weighted by molar-refractivity contribution is 5.89. The van der Waals surface area contributed by atoms with Gasteiger partial charge in [0.05, 0.1) is 6.04 Å². The number of carbonyl (C=O) groups is 1. The molecule has 0 radical (unpaired) electrons. The van der Waals surface area contributed by atoms with E-state index in [2.05, 4.69) is 58.7 Å². The summed E-state index contributed by atoms with van der Waals surface area (Å²) in [6, 6.07) is 38.8. The molecule has 1 saturated heterocycles. The van der Waals surface area contributed by atoms with E-state index in [-0.39, 0.29) is 18.1 Å². The molecule has 1 aliphatic rings. The van der Waals surface area contributed by atoms with Crippen molar-refractivity contribution in [3.8, 4) is 11.1 Å². The molecule has 0 aliphatic carbocycles. The van der Waals surface area contributed by atoms with E-state index in [1.54, 1.807) is 0 Å². The zero-order valence-corrected chi connectivity index (χ0v) is 20.3. The second-order valence-electron chi connectivity index (χ2n) is 9.19. The smallest absolute Gasteiger partial charge is 0.321 e. The average molecular weight is 477 g/mol. The molecule has 182 valence electrons. The fraction of sp³-hybridized carbons (Fsp3) is 0.194. The first-order chi connectivity index (χ1) is 17.7. The standard InChI is InChI=1S/C31H32N4O/c32-29(26-12-6-2-7-13-26)30(27-14-8-3-9-15-27)34-20-22-35(23-21-34)31(36)33-28-18-16-25(17-19-28)24-10-4-1-5-11-24/h1-19,29-30H,20-23,32H2,(H,33,36). The molecule has 3 N–H and O–H groups in total. The number of nitrogens with two attached hydrogens (primary N) is 1. The second-order valence-corrected chi connectivity index (χ2v) is 9.19. The maximum absolute atomic E-state index is 13.0. The van der Waals surface area contributed by atoms with Gasteiger partial charge in [-0.15, -0.1) is 0 Å². The Kier molecular flexibility index (Phi) is 7.41. The van der Waals surface area contributed by atoms with E-state index in [1.165, 1.54) is 5.56 Å². The molecule has 0 saturated carbocycles. The molecule has 4 aromatic rings. The highest BCUT2D eigenvalue weighted by Gasteiger charge is 2.31. The zero-order chi connectivity index (χ0) is 24.7. The lowest BCUT2D eigenvalue weighted by atomic mass is 9.92. The molecule has 1 fully saturated rings. The number of anilines is 1. The largest absolute Gasteiger partial charge is 0.322 e. The van der Waals surface area contributed by atoms with Crippen molar-refractivity contribution in [3.63, 3.8) is 0 Å². The van der Waals surface area contributed by atoms with Crippen molar-refractivity contribution >= 4 is 11.7 Å². The molecule has 0 bridgehead atoms. The normalized spacial score (nSPS) is 15.8. The number of hydrogen-bond donors (Lipinski definition) is 2. The summed E-state index contributed by atoms with van der Waals surface area (Å²) in [5.74, 6) is 0. The topological polar surface area (TPSA) is 61.6 Å². The molecular formula is C31H32N4O. The molecule has 36 heavy (non-hydrogen) atoms. The van der Waals surface area contributed by atoms with E-state index in [0.29, 0.717) is 13.1 Å². The Morgan fingerprint density at radius 2 is 1.14 bits per heavy atom. The summed E-state index contributed by atoms with van der Waals surface area (Å²) in [4.78, 5) is 17.3. The van der Waals surface area contributed by atoms with Gasteiger partial charge < -0.3 is 16.0 Å². The van der Waals surface area contributed by atoms with E-state index < -0.39 is 0 Å². The van der Waals surface area contributed by atoms with Crippen molar-refractivity contribution < 1.29 is 4.79 Å². The minimum atomic E-state index is -0.155. The molecule has 5 heteroatoms. The van der Waals surface area contributed by atoms with Crippen LogP contribution in [0.4, 0.5) is 10.5 Å². The van der Waals surface area contributed by atoms with Gasteiger partial charge in [-0.25, -0.2) is 4.79 Å². The number of carbonyl (C=O) groups excluding carboxylic acids is 1. The molecule has 2 unspecified atom stereocenters. The third-order valence-electron chi connectivity index (χ3n) is 6.90. The monoisotopic (exact) mass is 476 g/mol. The minimum Gasteiger partial charge on any atom is -0.322 e. The number of nitrogens with zero attached hydrogens (tertiary/aromatic N) is 2. The Morgan fingerprint density at radius 1 is 0.639 bits per heavy atom. The van der Waals surface area contributed by atoms with Crippen LogP contribution in [0.1, 0.15) is 23.2 Å². The molecule has 5 rings (SSSR count). The fourth-order valence-corrected chi connectivity index (χ4v) is 4.94. The molecule has 0 aromatic heterocycles. The van der Waals surface area contributed by atoms with Crippen molar-refractivity contribution in [2.24, 2.45) is 5.73 Å². The van der Waals surface area contributed by atoms with Gasteiger partial charge in [0, 0.05) is 37.9 Å². The predicted octanol–water partition coefficient (Wildman–Crippen LogP) is 5.94. The van der Waals surface area contributed by atoms with Gasteiger partial charge >= 0.3 is 6.03 Å². The van der Waals surface area contributed by atoms with Crippen LogP contribution in [0, 0.1) is 0 Å². The quantitative estimate of drug-likeness (QED) is 0.362. The van der Waals surface area contributed by atoms with Crippen molar-refractivity contribution in [2.75, 3.05) is 31.5 Å². The molecule has 0 spiro atoms. The van der Waals surface area contributed by atoms with Crippen LogP contribution in [0.2, 0.25) is 0 Å². The summed E-state index contributed by atoms with van der Waals surface area (Å²) >= 11 is 0. The lowest BCUT2D eigenvalue weighted by Crippen LogP contribution is -2.52. The summed E-state index contributed by atoms with van der Waals surface area (Å²) in [7, 11) is 0. The predicted molar refractivity (Wildman–Crippen MR) is 147 cm³/mol. The Labute approximate surface area is 213 Å². The Hall–Kier alpha value is -3.93. The summed E-state index contributed by atoms with van der Waals surface area (Å²) in [5.41, 5.74) is 12.2. The van der Waals surface area contributed by atoms with Gasteiger partial charge in [-0.2, -0.15) is 0 Å². The van der Waals surface area contributed by atoms with Crippen LogP contribution < -0.4 is 11.1 Å². The molecule has 2 amide bonds. The average Bonchev–Trinajstić information content (AvgIpc) is 2.95. The van der Waals surface area contributed by atoms with Gasteiger partial charge in [-0.05, 0) is 34.4 Å². The maximum atomic E-state index is 13.0. The Balaban J connectivity index is 1.23. The number of piperazine rings is 1. The molecule has 1 aliphatic heterocycles. The van der Waals surface area contributed by atoms with Crippen LogP contribution >= 0.6 is 0 Å². The number of amides is 2. The minimum absolute atomic E-state index is 0.0457. The van der Waals surface area contributed by atoms with Crippen molar-refractivity contribution in [3.05, 3.63) is 126 Å². The first kappa shape index (κ1) is 23.8. The van der Waals surface area contributed by atoms with Crippen LogP contribution in [-0.2, 0) is 0 Å². The molecule has 5 nitrogen and oxygen atoms in total. The second kappa shape index (κ2) is 11.2. The van der Waals surface area contributed by atoms with E-state index in [9.17, 15) is 4.79 Å². The summed E-state index contributed by atoms with van der Waals surface area (Å²) in [6.45, 7) is 2.83.